The molecule has 5 rings (SSSR count). The van der Waals surface area contributed by atoms with Gasteiger partial charge in [-0.1, -0.05) is 51.1 Å². The molecule has 1 nitrogen and oxygen atoms in total. The molecule has 0 saturated heterocycles. The normalized spacial score (nSPS) is 19.3. The van der Waals surface area contributed by atoms with E-state index in [1.54, 1.807) is 6.07 Å². The van der Waals surface area contributed by atoms with E-state index < -0.39 is 23.7 Å². The summed E-state index contributed by atoms with van der Waals surface area (Å²) >= 11 is 0. The minimum absolute atomic E-state index is 0.160. The zero-order chi connectivity index (χ0) is 19.1. The summed E-state index contributed by atoms with van der Waals surface area (Å²) in [6.07, 6.45) is 0.867. The van der Waals surface area contributed by atoms with Gasteiger partial charge in [-0.15, -0.1) is 0 Å². The molecular weight excluding hydrogens is 349 g/mol. The lowest BCUT2D eigenvalue weighted by atomic mass is 9.69. The number of fused-ring (bicyclic) bond motifs is 2. The molecule has 2 aliphatic carbocycles. The Morgan fingerprint density at radius 2 is 1.74 bits per heavy atom. The fraction of sp³-hybridized carbons (Fsp3) is 0.304. The molecule has 1 heterocycles. The average molecular weight is 368 g/mol. The van der Waals surface area contributed by atoms with Gasteiger partial charge < -0.3 is 4.42 Å². The fourth-order valence-electron chi connectivity index (χ4n) is 4.84. The van der Waals surface area contributed by atoms with Crippen LogP contribution in [0.2, 0.25) is 0 Å². The molecule has 0 amide bonds. The highest BCUT2D eigenvalue weighted by molar-refractivity contribution is 5.91. The summed E-state index contributed by atoms with van der Waals surface area (Å²) in [7, 11) is 0. The van der Waals surface area contributed by atoms with Crippen molar-refractivity contribution in [3.05, 3.63) is 70.7 Å². The second-order valence-electron chi connectivity index (χ2n) is 8.62. The van der Waals surface area contributed by atoms with E-state index in [0.717, 1.165) is 16.7 Å². The van der Waals surface area contributed by atoms with Crippen molar-refractivity contribution in [3.63, 3.8) is 0 Å². The molecule has 0 spiro atoms. The van der Waals surface area contributed by atoms with Crippen LogP contribution in [0.4, 0.5) is 13.2 Å². The lowest BCUT2D eigenvalue weighted by Gasteiger charge is -2.35. The molecule has 2 aromatic carbocycles. The summed E-state index contributed by atoms with van der Waals surface area (Å²) in [5.74, 6) is -3.71. The summed E-state index contributed by atoms with van der Waals surface area (Å²) in [5, 5.41) is 0. The predicted octanol–water partition coefficient (Wildman–Crippen LogP) is 6.89. The van der Waals surface area contributed by atoms with Crippen LogP contribution in [0.5, 0.6) is 0 Å². The molecule has 0 fully saturated rings. The SMILES string of the molecule is CC(C)(C)C1c2ccccc2-c2occ3c2-c2c1ccc(F)c2C(F)(F)C3. The second kappa shape index (κ2) is 5.06. The maximum atomic E-state index is 15.0. The molecule has 0 N–H and O–H groups in total. The van der Waals surface area contributed by atoms with Gasteiger partial charge in [0.1, 0.15) is 11.6 Å². The minimum atomic E-state index is -3.26. The lowest BCUT2D eigenvalue weighted by molar-refractivity contribution is -0.00846. The van der Waals surface area contributed by atoms with Gasteiger partial charge in [0.2, 0.25) is 0 Å². The standard InChI is InChI=1S/C23H19F3O/c1-22(2,3)19-13-6-4-5-7-14(13)21-17-12(11-27-21)10-23(25,26)20-16(24)9-8-15(19)18(17)20/h4-9,11,19H,10H2,1-3H3. The van der Waals surface area contributed by atoms with Crippen molar-refractivity contribution in [2.75, 3.05) is 0 Å². The molecule has 1 atom stereocenters. The third kappa shape index (κ3) is 2.13. The first kappa shape index (κ1) is 16.7. The van der Waals surface area contributed by atoms with Gasteiger partial charge in [0.25, 0.3) is 5.92 Å². The molecule has 1 unspecified atom stereocenters. The van der Waals surface area contributed by atoms with Crippen LogP contribution < -0.4 is 0 Å². The number of alkyl halides is 2. The van der Waals surface area contributed by atoms with E-state index in [0.29, 0.717) is 22.5 Å². The molecule has 1 aromatic heterocycles. The first-order valence-electron chi connectivity index (χ1n) is 9.11. The third-order valence-corrected chi connectivity index (χ3v) is 5.78. The molecule has 4 heteroatoms. The molecule has 3 aromatic rings. The number of hydrogen-bond donors (Lipinski definition) is 0. The monoisotopic (exact) mass is 368 g/mol. The van der Waals surface area contributed by atoms with E-state index in [1.807, 2.05) is 24.3 Å². The average Bonchev–Trinajstić information content (AvgIpc) is 2.92. The van der Waals surface area contributed by atoms with Crippen molar-refractivity contribution >= 4 is 0 Å². The van der Waals surface area contributed by atoms with E-state index in [1.165, 1.54) is 12.3 Å². The minimum Gasteiger partial charge on any atom is -0.463 e. The number of furan rings is 1. The highest BCUT2D eigenvalue weighted by Gasteiger charge is 2.48. The van der Waals surface area contributed by atoms with Crippen LogP contribution in [0.25, 0.3) is 22.5 Å². The first-order chi connectivity index (χ1) is 12.7. The Labute approximate surface area is 155 Å². The quantitative estimate of drug-likeness (QED) is 0.421. The van der Waals surface area contributed by atoms with Crippen molar-refractivity contribution in [3.8, 4) is 22.5 Å². The van der Waals surface area contributed by atoms with Crippen molar-refractivity contribution in [2.24, 2.45) is 5.41 Å². The molecule has 0 bridgehead atoms. The van der Waals surface area contributed by atoms with E-state index in [9.17, 15) is 13.2 Å². The Balaban J connectivity index is 2.01. The number of halogens is 3. The molecule has 0 aliphatic heterocycles. The highest BCUT2D eigenvalue weighted by Crippen LogP contribution is 2.58. The van der Waals surface area contributed by atoms with Crippen LogP contribution in [0, 0.1) is 11.2 Å². The van der Waals surface area contributed by atoms with Crippen LogP contribution in [0.15, 0.2) is 47.1 Å². The first-order valence-corrected chi connectivity index (χ1v) is 9.11. The van der Waals surface area contributed by atoms with Crippen LogP contribution in [0.1, 0.15) is 48.9 Å². The molecule has 138 valence electrons. The molecular formula is C23H19F3O. The molecule has 0 radical (unpaired) electrons. The van der Waals surface area contributed by atoms with Gasteiger partial charge in [-0.25, -0.2) is 13.2 Å². The Morgan fingerprint density at radius 3 is 2.48 bits per heavy atom. The number of benzene rings is 2. The topological polar surface area (TPSA) is 13.1 Å². The van der Waals surface area contributed by atoms with Crippen LogP contribution in [0.3, 0.4) is 0 Å². The smallest absolute Gasteiger partial charge is 0.280 e. The van der Waals surface area contributed by atoms with Crippen molar-refractivity contribution < 1.29 is 17.6 Å². The van der Waals surface area contributed by atoms with E-state index in [4.69, 9.17) is 4.42 Å². The summed E-state index contributed by atoms with van der Waals surface area (Å²) in [4.78, 5) is 0. The van der Waals surface area contributed by atoms with Crippen molar-refractivity contribution in [1.29, 1.82) is 0 Å². The van der Waals surface area contributed by atoms with Crippen LogP contribution in [-0.2, 0) is 12.3 Å². The van der Waals surface area contributed by atoms with Crippen LogP contribution in [-0.4, -0.2) is 0 Å². The third-order valence-electron chi connectivity index (χ3n) is 5.78. The summed E-state index contributed by atoms with van der Waals surface area (Å²) < 4.78 is 50.4. The van der Waals surface area contributed by atoms with Gasteiger partial charge in [-0.2, -0.15) is 0 Å². The maximum absolute atomic E-state index is 15.0. The zero-order valence-electron chi connectivity index (χ0n) is 15.4. The van der Waals surface area contributed by atoms with Crippen molar-refractivity contribution in [1.82, 2.24) is 0 Å². The zero-order valence-corrected chi connectivity index (χ0v) is 15.4. The second-order valence-corrected chi connectivity index (χ2v) is 8.62. The van der Waals surface area contributed by atoms with Gasteiger partial charge >= 0.3 is 0 Å². The number of hydrogen-bond acceptors (Lipinski definition) is 1. The van der Waals surface area contributed by atoms with Gasteiger partial charge in [-0.3, -0.25) is 0 Å². The van der Waals surface area contributed by atoms with Crippen molar-refractivity contribution in [2.45, 2.75) is 39.0 Å². The maximum Gasteiger partial charge on any atom is 0.280 e. The summed E-state index contributed by atoms with van der Waals surface area (Å²) in [6.45, 7) is 6.25. The molecule has 0 saturated carbocycles. The Hall–Kier alpha value is -2.49. The van der Waals surface area contributed by atoms with Gasteiger partial charge in [-0.05, 0) is 22.6 Å². The molecule has 27 heavy (non-hydrogen) atoms. The van der Waals surface area contributed by atoms with Gasteiger partial charge in [0, 0.05) is 34.6 Å². The fourth-order valence-corrected chi connectivity index (χ4v) is 4.84. The van der Waals surface area contributed by atoms with Gasteiger partial charge in [0.15, 0.2) is 0 Å². The lowest BCUT2D eigenvalue weighted by Crippen LogP contribution is -2.27. The summed E-state index contributed by atoms with van der Waals surface area (Å²) in [5.41, 5.74) is 3.31. The van der Waals surface area contributed by atoms with E-state index >= 15 is 0 Å². The Morgan fingerprint density at radius 1 is 1.00 bits per heavy atom. The Bertz CT molecular complexity index is 1090. The number of rotatable bonds is 0. The Kier molecular flexibility index (Phi) is 3.12. The summed E-state index contributed by atoms with van der Waals surface area (Å²) in [6, 6.07) is 10.7. The van der Waals surface area contributed by atoms with Crippen LogP contribution >= 0.6 is 0 Å². The highest BCUT2D eigenvalue weighted by atomic mass is 19.3. The molecule has 2 aliphatic rings. The van der Waals surface area contributed by atoms with E-state index in [-0.39, 0.29) is 11.3 Å². The predicted molar refractivity (Wildman–Crippen MR) is 98.4 cm³/mol. The van der Waals surface area contributed by atoms with E-state index in [2.05, 4.69) is 20.8 Å². The largest absolute Gasteiger partial charge is 0.463 e. The van der Waals surface area contributed by atoms with Gasteiger partial charge in [0.05, 0.1) is 11.8 Å².